The molecule has 1 aliphatic heterocycles. The van der Waals surface area contributed by atoms with E-state index < -0.39 is 16.6 Å². The van der Waals surface area contributed by atoms with E-state index in [2.05, 4.69) is 0 Å². The lowest BCUT2D eigenvalue weighted by Crippen LogP contribution is -2.32. The van der Waals surface area contributed by atoms with Gasteiger partial charge < -0.3 is 9.47 Å². The zero-order valence-electron chi connectivity index (χ0n) is 8.39. The van der Waals surface area contributed by atoms with E-state index >= 15 is 0 Å². The van der Waals surface area contributed by atoms with Crippen LogP contribution >= 0.6 is 11.6 Å². The van der Waals surface area contributed by atoms with Crippen molar-refractivity contribution in [2.24, 2.45) is 0 Å². The highest BCUT2D eigenvalue weighted by Crippen LogP contribution is 2.44. The Morgan fingerprint density at radius 3 is 2.46 bits per heavy atom. The lowest BCUT2D eigenvalue weighted by molar-refractivity contribution is -0.158. The van der Waals surface area contributed by atoms with Crippen LogP contribution < -0.4 is 0 Å². The molecule has 1 saturated heterocycles. The van der Waals surface area contributed by atoms with Gasteiger partial charge in [-0.1, -0.05) is 18.5 Å². The van der Waals surface area contributed by atoms with E-state index in [1.807, 2.05) is 6.92 Å². The van der Waals surface area contributed by atoms with E-state index in [9.17, 15) is 4.79 Å². The molecular weight excluding hydrogens is 192 g/mol. The second kappa shape index (κ2) is 3.14. The maximum Gasteiger partial charge on any atom is 0.357 e. The minimum Gasteiger partial charge on any atom is -0.457 e. The molecular formula is C9H15ClO3. The molecule has 0 amide bonds. The molecule has 0 saturated carbocycles. The number of hydrogen-bond acceptors (Lipinski definition) is 3. The maximum atomic E-state index is 11.4. The van der Waals surface area contributed by atoms with Crippen LogP contribution in [-0.2, 0) is 14.3 Å². The van der Waals surface area contributed by atoms with Crippen molar-refractivity contribution in [1.82, 2.24) is 0 Å². The van der Waals surface area contributed by atoms with E-state index in [1.54, 1.807) is 20.8 Å². The fourth-order valence-electron chi connectivity index (χ4n) is 1.05. The van der Waals surface area contributed by atoms with Gasteiger partial charge in [-0.3, -0.25) is 0 Å². The van der Waals surface area contributed by atoms with Crippen molar-refractivity contribution in [3.63, 3.8) is 0 Å². The summed E-state index contributed by atoms with van der Waals surface area (Å²) in [5.74, 6) is -0.478. The minimum absolute atomic E-state index is 0.191. The fourth-order valence-corrected chi connectivity index (χ4v) is 1.35. The van der Waals surface area contributed by atoms with E-state index in [4.69, 9.17) is 21.1 Å². The molecule has 2 atom stereocenters. The van der Waals surface area contributed by atoms with Crippen LogP contribution in [0.2, 0.25) is 0 Å². The summed E-state index contributed by atoms with van der Waals surface area (Å²) in [6.45, 7) is 7.32. The first-order valence-electron chi connectivity index (χ1n) is 4.40. The molecule has 4 heteroatoms. The van der Waals surface area contributed by atoms with Gasteiger partial charge >= 0.3 is 5.97 Å². The molecule has 1 fully saturated rings. The summed E-state index contributed by atoms with van der Waals surface area (Å²) in [6.07, 6.45) is 0.534. The van der Waals surface area contributed by atoms with Gasteiger partial charge in [0, 0.05) is 0 Å². The van der Waals surface area contributed by atoms with Crippen LogP contribution in [0.25, 0.3) is 0 Å². The maximum absolute atomic E-state index is 11.4. The Morgan fingerprint density at radius 2 is 2.15 bits per heavy atom. The quantitative estimate of drug-likeness (QED) is 0.395. The fraction of sp³-hybridized carbons (Fsp3) is 0.889. The van der Waals surface area contributed by atoms with Gasteiger partial charge in [-0.25, -0.2) is 4.79 Å². The third-order valence-electron chi connectivity index (χ3n) is 1.72. The molecule has 0 N–H and O–H groups in total. The van der Waals surface area contributed by atoms with Crippen molar-refractivity contribution in [3.8, 4) is 0 Å². The molecule has 0 aromatic rings. The standard InChI is InChI=1S/C9H15ClO3/c1-5-6-9(10,12-6)7(11)13-8(2,3)4/h6H,5H2,1-4H3. The van der Waals surface area contributed by atoms with Gasteiger partial charge in [0.1, 0.15) is 11.7 Å². The van der Waals surface area contributed by atoms with Gasteiger partial charge in [-0.2, -0.15) is 0 Å². The second-order valence-electron chi connectivity index (χ2n) is 4.16. The summed E-state index contributed by atoms with van der Waals surface area (Å²) in [6, 6.07) is 0. The number of carbonyl (C=O) groups is 1. The molecule has 0 radical (unpaired) electrons. The van der Waals surface area contributed by atoms with Crippen LogP contribution in [0.4, 0.5) is 0 Å². The molecule has 13 heavy (non-hydrogen) atoms. The summed E-state index contributed by atoms with van der Waals surface area (Å²) >= 11 is 5.87. The van der Waals surface area contributed by atoms with Gasteiger partial charge in [-0.15, -0.1) is 0 Å². The zero-order chi connectivity index (χ0) is 10.3. The number of halogens is 1. The first-order chi connectivity index (χ1) is 5.79. The largest absolute Gasteiger partial charge is 0.457 e. The van der Waals surface area contributed by atoms with Gasteiger partial charge in [0.2, 0.25) is 0 Å². The van der Waals surface area contributed by atoms with Gasteiger partial charge in [0.05, 0.1) is 0 Å². The van der Waals surface area contributed by atoms with Crippen LogP contribution in [0.15, 0.2) is 0 Å². The number of ether oxygens (including phenoxy) is 2. The van der Waals surface area contributed by atoms with Crippen LogP contribution in [0, 0.1) is 0 Å². The molecule has 1 heterocycles. The number of alkyl halides is 1. The average molecular weight is 207 g/mol. The normalized spacial score (nSPS) is 32.8. The monoisotopic (exact) mass is 206 g/mol. The molecule has 0 aromatic heterocycles. The Kier molecular flexibility index (Phi) is 2.61. The van der Waals surface area contributed by atoms with E-state index in [1.165, 1.54) is 0 Å². The molecule has 0 aromatic carbocycles. The van der Waals surface area contributed by atoms with Crippen molar-refractivity contribution >= 4 is 17.6 Å². The lowest BCUT2D eigenvalue weighted by Gasteiger charge is -2.20. The van der Waals surface area contributed by atoms with Gasteiger partial charge in [0.25, 0.3) is 5.06 Å². The summed E-state index contributed by atoms with van der Waals surface area (Å²) in [5, 5.41) is -1.21. The highest BCUT2D eigenvalue weighted by molar-refractivity contribution is 6.35. The first-order valence-corrected chi connectivity index (χ1v) is 4.77. The van der Waals surface area contributed by atoms with Crippen LogP contribution in [0.3, 0.4) is 0 Å². The van der Waals surface area contributed by atoms with Gasteiger partial charge in [-0.05, 0) is 27.2 Å². The number of carbonyl (C=O) groups excluding carboxylic acids is 1. The smallest absolute Gasteiger partial charge is 0.357 e. The number of epoxide rings is 1. The van der Waals surface area contributed by atoms with E-state index in [-0.39, 0.29) is 6.10 Å². The summed E-state index contributed by atoms with van der Waals surface area (Å²) in [4.78, 5) is 11.4. The summed E-state index contributed by atoms with van der Waals surface area (Å²) in [5.41, 5.74) is -0.511. The van der Waals surface area contributed by atoms with Crippen LogP contribution in [-0.4, -0.2) is 22.7 Å². The molecule has 0 spiro atoms. The predicted octanol–water partition coefficient (Wildman–Crippen LogP) is 2.07. The molecule has 0 bridgehead atoms. The van der Waals surface area contributed by atoms with Crippen LogP contribution in [0.1, 0.15) is 34.1 Å². The molecule has 0 aliphatic carbocycles. The average Bonchev–Trinajstić information content (AvgIpc) is 2.60. The zero-order valence-corrected chi connectivity index (χ0v) is 9.14. The summed E-state index contributed by atoms with van der Waals surface area (Å²) in [7, 11) is 0. The number of hydrogen-bond donors (Lipinski definition) is 0. The highest BCUT2D eigenvalue weighted by Gasteiger charge is 2.62. The molecule has 3 nitrogen and oxygen atoms in total. The van der Waals surface area contributed by atoms with E-state index in [0.29, 0.717) is 0 Å². The van der Waals surface area contributed by atoms with Crippen molar-refractivity contribution in [3.05, 3.63) is 0 Å². The lowest BCUT2D eigenvalue weighted by atomic mass is 10.2. The Labute approximate surface area is 83.3 Å². The molecule has 76 valence electrons. The Morgan fingerprint density at radius 1 is 1.62 bits per heavy atom. The predicted molar refractivity (Wildman–Crippen MR) is 49.6 cm³/mol. The van der Waals surface area contributed by atoms with E-state index in [0.717, 1.165) is 6.42 Å². The minimum atomic E-state index is -1.21. The molecule has 1 aliphatic rings. The van der Waals surface area contributed by atoms with Crippen LogP contribution in [0.5, 0.6) is 0 Å². The summed E-state index contributed by atoms with van der Waals surface area (Å²) < 4.78 is 10.2. The second-order valence-corrected chi connectivity index (χ2v) is 4.72. The highest BCUT2D eigenvalue weighted by atomic mass is 35.5. The van der Waals surface area contributed by atoms with Crippen molar-refractivity contribution < 1.29 is 14.3 Å². The molecule has 1 rings (SSSR count). The van der Waals surface area contributed by atoms with Crippen molar-refractivity contribution in [2.75, 3.05) is 0 Å². The third-order valence-corrected chi connectivity index (χ3v) is 2.21. The van der Waals surface area contributed by atoms with Crippen molar-refractivity contribution in [2.45, 2.75) is 50.9 Å². The Hall–Kier alpha value is -0.280. The Bertz CT molecular complexity index is 221. The third kappa shape index (κ3) is 2.35. The molecule has 2 unspecified atom stereocenters. The Balaban J connectivity index is 2.51. The SMILES string of the molecule is CCC1OC1(Cl)C(=O)OC(C)(C)C. The van der Waals surface area contributed by atoms with Gasteiger partial charge in [0.15, 0.2) is 0 Å². The van der Waals surface area contributed by atoms with Crippen molar-refractivity contribution in [1.29, 1.82) is 0 Å². The number of esters is 1. The first kappa shape index (κ1) is 10.8. The topological polar surface area (TPSA) is 38.8 Å². The number of rotatable bonds is 2.